The van der Waals surface area contributed by atoms with Crippen LogP contribution in [0.2, 0.25) is 0 Å². The number of rotatable bonds is 6. The quantitative estimate of drug-likeness (QED) is 0.163. The van der Waals surface area contributed by atoms with Crippen molar-refractivity contribution in [3.63, 3.8) is 0 Å². The molecule has 1 heterocycles. The molecule has 0 atom stereocenters. The SMILES string of the molecule is CC1(C)c2ccccc2-c2ccc(-c3ccc(N(c4cccc(-c5ccc6c(c5)c5ccccc5n6-c5ccccc5)c4)c4cccc5c4-c4ccccc4C5(C)C)cc3)cc21. The van der Waals surface area contributed by atoms with E-state index in [2.05, 4.69) is 243 Å². The van der Waals surface area contributed by atoms with E-state index in [9.17, 15) is 0 Å². The van der Waals surface area contributed by atoms with Gasteiger partial charge in [-0.25, -0.2) is 0 Å². The zero-order valence-corrected chi connectivity index (χ0v) is 35.5. The lowest BCUT2D eigenvalue weighted by molar-refractivity contribution is 0.660. The highest BCUT2D eigenvalue weighted by Gasteiger charge is 2.38. The highest BCUT2D eigenvalue weighted by Crippen LogP contribution is 2.55. The molecule has 0 aliphatic heterocycles. The van der Waals surface area contributed by atoms with Crippen LogP contribution in [0.1, 0.15) is 49.9 Å². The fourth-order valence-corrected chi connectivity index (χ4v) is 10.9. The average molecular weight is 795 g/mol. The van der Waals surface area contributed by atoms with Crippen LogP contribution in [0, 0.1) is 0 Å². The third kappa shape index (κ3) is 5.36. The molecule has 12 rings (SSSR count). The van der Waals surface area contributed by atoms with Crippen LogP contribution in [0.5, 0.6) is 0 Å². The standard InChI is InChI=1S/C60H46N2/c1-59(2)52-24-12-9-22-49(52)58-53(59)25-15-27-57(58)61(44-32-28-39(29-33-44)42-30-34-47-46-20-8-11-23-51(46)60(3,4)54(47)38-42)45-19-14-16-40(36-45)41-31-35-56-50(37-41)48-21-10-13-26-55(48)62(56)43-17-6-5-7-18-43/h5-38H,1-4H3. The molecule has 0 fully saturated rings. The van der Waals surface area contributed by atoms with Gasteiger partial charge in [0.05, 0.1) is 16.7 Å². The Morgan fingerprint density at radius 2 is 0.935 bits per heavy atom. The largest absolute Gasteiger partial charge is 0.310 e. The van der Waals surface area contributed by atoms with Crippen molar-refractivity contribution in [2.45, 2.75) is 38.5 Å². The van der Waals surface area contributed by atoms with Crippen LogP contribution in [0.4, 0.5) is 17.1 Å². The summed E-state index contributed by atoms with van der Waals surface area (Å²) in [4.78, 5) is 2.48. The molecule has 296 valence electrons. The summed E-state index contributed by atoms with van der Waals surface area (Å²) < 4.78 is 2.38. The minimum Gasteiger partial charge on any atom is -0.310 e. The summed E-state index contributed by atoms with van der Waals surface area (Å²) in [5.41, 5.74) is 22.5. The van der Waals surface area contributed by atoms with Crippen molar-refractivity contribution >= 4 is 38.9 Å². The number of benzene rings is 9. The fourth-order valence-electron chi connectivity index (χ4n) is 10.9. The third-order valence-electron chi connectivity index (χ3n) is 14.0. The zero-order valence-electron chi connectivity index (χ0n) is 35.5. The van der Waals surface area contributed by atoms with Crippen molar-refractivity contribution in [1.82, 2.24) is 4.57 Å². The number of fused-ring (bicyclic) bond motifs is 9. The van der Waals surface area contributed by atoms with E-state index in [1.54, 1.807) is 0 Å². The Balaban J connectivity index is 1.00. The Morgan fingerprint density at radius 3 is 1.76 bits per heavy atom. The van der Waals surface area contributed by atoms with Gasteiger partial charge in [0.15, 0.2) is 0 Å². The van der Waals surface area contributed by atoms with Gasteiger partial charge in [-0.2, -0.15) is 0 Å². The molecule has 0 N–H and O–H groups in total. The predicted octanol–water partition coefficient (Wildman–Crippen LogP) is 16.2. The number of anilines is 3. The zero-order chi connectivity index (χ0) is 41.7. The third-order valence-corrected chi connectivity index (χ3v) is 14.0. The molecule has 2 nitrogen and oxygen atoms in total. The minimum absolute atomic E-state index is 0.0507. The maximum absolute atomic E-state index is 2.48. The molecular formula is C60H46N2. The summed E-state index contributed by atoms with van der Waals surface area (Å²) in [5.74, 6) is 0. The molecule has 2 heteroatoms. The molecule has 9 aromatic carbocycles. The summed E-state index contributed by atoms with van der Waals surface area (Å²) >= 11 is 0. The second-order valence-corrected chi connectivity index (χ2v) is 18.2. The molecule has 1 aromatic heterocycles. The molecule has 0 spiro atoms. The lowest BCUT2D eigenvalue weighted by Gasteiger charge is -2.29. The van der Waals surface area contributed by atoms with Crippen molar-refractivity contribution in [1.29, 1.82) is 0 Å². The van der Waals surface area contributed by atoms with Crippen LogP contribution in [-0.2, 0) is 10.8 Å². The Morgan fingerprint density at radius 1 is 0.355 bits per heavy atom. The van der Waals surface area contributed by atoms with Crippen LogP contribution in [-0.4, -0.2) is 4.57 Å². The maximum atomic E-state index is 2.48. The first kappa shape index (κ1) is 36.4. The van der Waals surface area contributed by atoms with E-state index in [4.69, 9.17) is 0 Å². The van der Waals surface area contributed by atoms with Gasteiger partial charge in [-0.05, 0) is 128 Å². The first-order valence-electron chi connectivity index (χ1n) is 21.8. The lowest BCUT2D eigenvalue weighted by Crippen LogP contribution is -2.16. The summed E-state index contributed by atoms with van der Waals surface area (Å²) in [6, 6.07) is 76.5. The van der Waals surface area contributed by atoms with Gasteiger partial charge in [0.2, 0.25) is 0 Å². The van der Waals surface area contributed by atoms with Gasteiger partial charge in [0, 0.05) is 44.2 Å². The van der Waals surface area contributed by atoms with E-state index >= 15 is 0 Å². The Hall–Kier alpha value is -7.42. The highest BCUT2D eigenvalue weighted by atomic mass is 15.1. The molecule has 2 aliphatic rings. The van der Waals surface area contributed by atoms with Crippen LogP contribution in [0.25, 0.3) is 72.0 Å². The second-order valence-electron chi connectivity index (χ2n) is 18.2. The molecule has 0 unspecified atom stereocenters. The number of nitrogens with zero attached hydrogens (tertiary/aromatic N) is 2. The first-order chi connectivity index (χ1) is 30.3. The van der Waals surface area contributed by atoms with Gasteiger partial charge in [-0.1, -0.05) is 167 Å². The number of aromatic nitrogens is 1. The van der Waals surface area contributed by atoms with Crippen LogP contribution >= 0.6 is 0 Å². The van der Waals surface area contributed by atoms with Crippen molar-refractivity contribution < 1.29 is 0 Å². The lowest BCUT2D eigenvalue weighted by atomic mass is 9.81. The van der Waals surface area contributed by atoms with E-state index < -0.39 is 0 Å². The molecule has 10 aromatic rings. The molecule has 0 saturated carbocycles. The van der Waals surface area contributed by atoms with E-state index in [0.717, 1.165) is 11.4 Å². The monoisotopic (exact) mass is 794 g/mol. The number of hydrogen-bond donors (Lipinski definition) is 0. The number of hydrogen-bond acceptors (Lipinski definition) is 1. The molecule has 0 amide bonds. The van der Waals surface area contributed by atoms with Gasteiger partial charge >= 0.3 is 0 Å². The average Bonchev–Trinajstić information content (AvgIpc) is 3.86. The van der Waals surface area contributed by atoms with Crippen molar-refractivity contribution in [2.24, 2.45) is 0 Å². The van der Waals surface area contributed by atoms with Gasteiger partial charge in [0.1, 0.15) is 0 Å². The summed E-state index contributed by atoms with van der Waals surface area (Å²) in [6.45, 7) is 9.44. The van der Waals surface area contributed by atoms with E-state index in [1.807, 2.05) is 0 Å². The Bertz CT molecular complexity index is 3400. The van der Waals surface area contributed by atoms with Crippen molar-refractivity contribution in [3.8, 4) is 50.2 Å². The van der Waals surface area contributed by atoms with E-state index in [0.29, 0.717) is 0 Å². The van der Waals surface area contributed by atoms with Crippen LogP contribution < -0.4 is 4.90 Å². The van der Waals surface area contributed by atoms with Gasteiger partial charge in [-0.15, -0.1) is 0 Å². The topological polar surface area (TPSA) is 8.17 Å². The predicted molar refractivity (Wildman–Crippen MR) is 261 cm³/mol. The summed E-state index contributed by atoms with van der Waals surface area (Å²) in [6.07, 6.45) is 0. The minimum atomic E-state index is -0.116. The molecule has 0 saturated heterocycles. The summed E-state index contributed by atoms with van der Waals surface area (Å²) in [7, 11) is 0. The molecule has 0 radical (unpaired) electrons. The van der Waals surface area contributed by atoms with Crippen molar-refractivity contribution in [2.75, 3.05) is 4.90 Å². The fraction of sp³-hybridized carbons (Fsp3) is 0.100. The van der Waals surface area contributed by atoms with Crippen molar-refractivity contribution in [3.05, 3.63) is 229 Å². The molecule has 62 heavy (non-hydrogen) atoms. The molecule has 2 aliphatic carbocycles. The van der Waals surface area contributed by atoms with E-state index in [-0.39, 0.29) is 10.8 Å². The van der Waals surface area contributed by atoms with Gasteiger partial charge < -0.3 is 9.47 Å². The normalized spacial score (nSPS) is 14.1. The molecular weight excluding hydrogens is 749 g/mol. The molecule has 0 bridgehead atoms. The van der Waals surface area contributed by atoms with E-state index in [1.165, 1.54) is 99.9 Å². The van der Waals surface area contributed by atoms with Crippen LogP contribution in [0.3, 0.4) is 0 Å². The van der Waals surface area contributed by atoms with Crippen LogP contribution in [0.15, 0.2) is 206 Å². The van der Waals surface area contributed by atoms with Gasteiger partial charge in [-0.3, -0.25) is 0 Å². The highest BCUT2D eigenvalue weighted by molar-refractivity contribution is 6.10. The summed E-state index contributed by atoms with van der Waals surface area (Å²) in [5, 5.41) is 2.50. The maximum Gasteiger partial charge on any atom is 0.0543 e. The second kappa shape index (κ2) is 13.5. The van der Waals surface area contributed by atoms with Gasteiger partial charge in [0.25, 0.3) is 0 Å². The Labute approximate surface area is 364 Å². The Kier molecular flexibility index (Phi) is 7.96. The number of para-hydroxylation sites is 2. The smallest absolute Gasteiger partial charge is 0.0543 e. The first-order valence-corrected chi connectivity index (χ1v) is 21.8.